The van der Waals surface area contributed by atoms with Gasteiger partial charge in [-0.1, -0.05) is 43.0 Å². The Balaban J connectivity index is 1.22. The molecule has 2 aliphatic rings. The number of carbonyl (C=O) groups is 2. The van der Waals surface area contributed by atoms with Crippen LogP contribution in [0.1, 0.15) is 51.0 Å². The summed E-state index contributed by atoms with van der Waals surface area (Å²) in [6, 6.07) is 15.2. The Morgan fingerprint density at radius 1 is 1.05 bits per heavy atom. The first-order chi connectivity index (χ1) is 19.5. The van der Waals surface area contributed by atoms with Crippen LogP contribution in [0.2, 0.25) is 0 Å². The van der Waals surface area contributed by atoms with E-state index in [2.05, 4.69) is 17.6 Å². The monoisotopic (exact) mass is 562 g/mol. The van der Waals surface area contributed by atoms with Gasteiger partial charge in [-0.3, -0.25) is 19.0 Å². The normalized spacial score (nSPS) is 20.9. The van der Waals surface area contributed by atoms with Crippen molar-refractivity contribution in [3.8, 4) is 0 Å². The highest BCUT2D eigenvalue weighted by Crippen LogP contribution is 2.31. The summed E-state index contributed by atoms with van der Waals surface area (Å²) < 4.78 is 7.35. The molecule has 2 heterocycles. The Labute approximate surface area is 239 Å². The average Bonchev–Trinajstić information content (AvgIpc) is 3.51. The third-order valence-corrected chi connectivity index (χ3v) is 8.97. The van der Waals surface area contributed by atoms with E-state index in [-0.39, 0.29) is 41.1 Å². The van der Waals surface area contributed by atoms with Crippen molar-refractivity contribution in [2.45, 2.75) is 69.7 Å². The van der Waals surface area contributed by atoms with E-state index in [0.29, 0.717) is 29.1 Å². The number of amides is 2. The van der Waals surface area contributed by atoms with Crippen LogP contribution in [-0.2, 0) is 27.3 Å². The number of aryl methyl sites for hydroxylation is 1. The van der Waals surface area contributed by atoms with Gasteiger partial charge in [-0.15, -0.1) is 0 Å². The molecule has 8 nitrogen and oxygen atoms in total. The first-order valence-electron chi connectivity index (χ1n) is 14.4. The highest BCUT2D eigenvalue weighted by atomic mass is 32.2. The minimum absolute atomic E-state index is 0.00744. The lowest BCUT2D eigenvalue weighted by atomic mass is 9.81. The number of thioether (sulfide) groups is 1. The van der Waals surface area contributed by atoms with Gasteiger partial charge in [-0.2, -0.15) is 0 Å². The lowest BCUT2D eigenvalue weighted by molar-refractivity contribution is -0.126. The second kappa shape index (κ2) is 13.5. The zero-order chi connectivity index (χ0) is 27.9. The molecule has 2 fully saturated rings. The summed E-state index contributed by atoms with van der Waals surface area (Å²) >= 11 is 1.29. The molecule has 0 radical (unpaired) electrons. The Morgan fingerprint density at radius 3 is 2.55 bits per heavy atom. The molecule has 1 aliphatic carbocycles. The molecule has 1 aromatic heterocycles. The number of carbonyl (C=O) groups excluding carboxylic acids is 2. The summed E-state index contributed by atoms with van der Waals surface area (Å²) in [5.41, 5.74) is 2.52. The van der Waals surface area contributed by atoms with Crippen LogP contribution in [0.15, 0.2) is 58.5 Å². The molecule has 2 N–H and O–H groups in total. The van der Waals surface area contributed by atoms with Crippen LogP contribution >= 0.6 is 11.8 Å². The zero-order valence-electron chi connectivity index (χ0n) is 23.1. The van der Waals surface area contributed by atoms with Gasteiger partial charge in [0.2, 0.25) is 11.8 Å². The molecule has 40 heavy (non-hydrogen) atoms. The van der Waals surface area contributed by atoms with Crippen molar-refractivity contribution in [2.75, 3.05) is 24.2 Å². The van der Waals surface area contributed by atoms with Gasteiger partial charge in [-0.25, -0.2) is 4.98 Å². The van der Waals surface area contributed by atoms with Crippen molar-refractivity contribution in [3.63, 3.8) is 0 Å². The number of anilines is 1. The molecule has 2 amide bonds. The number of benzene rings is 2. The van der Waals surface area contributed by atoms with Crippen LogP contribution in [0.5, 0.6) is 0 Å². The predicted octanol–water partition coefficient (Wildman–Crippen LogP) is 4.79. The quantitative estimate of drug-likeness (QED) is 0.272. The topological polar surface area (TPSA) is 102 Å². The Bertz CT molecular complexity index is 1380. The number of rotatable bonds is 10. The maximum absolute atomic E-state index is 13.5. The van der Waals surface area contributed by atoms with E-state index < -0.39 is 0 Å². The van der Waals surface area contributed by atoms with Crippen LogP contribution in [0, 0.1) is 11.8 Å². The minimum atomic E-state index is -0.141. The molecule has 1 aliphatic heterocycles. The summed E-state index contributed by atoms with van der Waals surface area (Å²) in [5, 5.41) is 7.15. The molecule has 2 aromatic carbocycles. The fourth-order valence-electron chi connectivity index (χ4n) is 5.60. The molecule has 1 saturated heterocycles. The standard InChI is InChI=1S/C31H38N4O4S/c1-2-21-11-15-24(16-12-21)33-28(36)20-40-31-34-27-8-4-3-7-26(27)30(38)35(31)19-22-9-13-23(14-10-22)29(37)32-18-25-6-5-17-39-25/h3-4,7-8,11-12,15-16,22-23,25H,2,5-6,9-10,13-14,17-20H2,1H3,(H,32,37)(H,33,36)/t22?,23?,25-/m1/s1. The third kappa shape index (κ3) is 7.12. The Morgan fingerprint density at radius 2 is 1.82 bits per heavy atom. The largest absolute Gasteiger partial charge is 0.376 e. The van der Waals surface area contributed by atoms with E-state index in [1.807, 2.05) is 42.5 Å². The smallest absolute Gasteiger partial charge is 0.262 e. The molecule has 0 spiro atoms. The number of ether oxygens (including phenoxy) is 1. The highest BCUT2D eigenvalue weighted by molar-refractivity contribution is 7.99. The second-order valence-electron chi connectivity index (χ2n) is 10.8. The van der Waals surface area contributed by atoms with Gasteiger partial charge >= 0.3 is 0 Å². The number of fused-ring (bicyclic) bond motifs is 1. The molecule has 3 aromatic rings. The number of para-hydroxylation sites is 1. The minimum Gasteiger partial charge on any atom is -0.376 e. The van der Waals surface area contributed by atoms with Crippen LogP contribution in [0.3, 0.4) is 0 Å². The van der Waals surface area contributed by atoms with Crippen molar-refractivity contribution < 1.29 is 14.3 Å². The second-order valence-corrected chi connectivity index (χ2v) is 11.8. The summed E-state index contributed by atoms with van der Waals surface area (Å²) in [4.78, 5) is 43.8. The van der Waals surface area contributed by atoms with E-state index >= 15 is 0 Å². The molecule has 212 valence electrons. The van der Waals surface area contributed by atoms with Gasteiger partial charge in [0, 0.05) is 31.3 Å². The molecular weight excluding hydrogens is 524 g/mol. The van der Waals surface area contributed by atoms with Crippen LogP contribution in [0.25, 0.3) is 10.9 Å². The van der Waals surface area contributed by atoms with E-state index in [4.69, 9.17) is 9.72 Å². The first kappa shape index (κ1) is 28.4. The van der Waals surface area contributed by atoms with Gasteiger partial charge in [0.15, 0.2) is 5.16 Å². The van der Waals surface area contributed by atoms with Crippen LogP contribution in [-0.4, -0.2) is 46.4 Å². The Kier molecular flexibility index (Phi) is 9.54. The lowest BCUT2D eigenvalue weighted by Gasteiger charge is -2.29. The number of hydrogen-bond donors (Lipinski definition) is 2. The summed E-state index contributed by atoms with van der Waals surface area (Å²) in [7, 11) is 0. The molecule has 1 saturated carbocycles. The molecule has 0 bridgehead atoms. The highest BCUT2D eigenvalue weighted by Gasteiger charge is 2.28. The molecule has 1 atom stereocenters. The molecule has 9 heteroatoms. The number of nitrogens with zero attached hydrogens (tertiary/aromatic N) is 2. The SMILES string of the molecule is CCc1ccc(NC(=O)CSc2nc3ccccc3c(=O)n2CC2CCC(C(=O)NC[C@H]3CCCO3)CC2)cc1. The van der Waals surface area contributed by atoms with E-state index in [1.165, 1.54) is 17.3 Å². The fourth-order valence-corrected chi connectivity index (χ4v) is 6.41. The summed E-state index contributed by atoms with van der Waals surface area (Å²) in [6.45, 7) is 4.00. The van der Waals surface area contributed by atoms with Crippen molar-refractivity contribution in [2.24, 2.45) is 11.8 Å². The number of nitrogens with one attached hydrogen (secondary N) is 2. The number of aromatic nitrogens is 2. The Hall–Kier alpha value is -3.17. The average molecular weight is 563 g/mol. The first-order valence-corrected chi connectivity index (χ1v) is 15.4. The predicted molar refractivity (Wildman–Crippen MR) is 159 cm³/mol. The maximum atomic E-state index is 13.5. The van der Waals surface area contributed by atoms with Gasteiger partial charge in [0.1, 0.15) is 0 Å². The van der Waals surface area contributed by atoms with Gasteiger partial charge in [0.05, 0.1) is 22.8 Å². The molecule has 5 rings (SSSR count). The zero-order valence-corrected chi connectivity index (χ0v) is 23.9. The van der Waals surface area contributed by atoms with Crippen LogP contribution < -0.4 is 16.2 Å². The van der Waals surface area contributed by atoms with Crippen LogP contribution in [0.4, 0.5) is 5.69 Å². The van der Waals surface area contributed by atoms with Crippen molar-refractivity contribution in [3.05, 3.63) is 64.4 Å². The van der Waals surface area contributed by atoms with Crippen molar-refractivity contribution >= 4 is 40.2 Å². The summed E-state index contributed by atoms with van der Waals surface area (Å²) in [5.74, 6) is 0.404. The molecular formula is C31H38N4O4S. The number of hydrogen-bond acceptors (Lipinski definition) is 6. The van der Waals surface area contributed by atoms with E-state index in [0.717, 1.165) is 57.2 Å². The fraction of sp³-hybridized carbons (Fsp3) is 0.484. The van der Waals surface area contributed by atoms with Gasteiger partial charge in [-0.05, 0) is 80.7 Å². The van der Waals surface area contributed by atoms with Crippen molar-refractivity contribution in [1.29, 1.82) is 0 Å². The van der Waals surface area contributed by atoms with Gasteiger partial charge < -0.3 is 15.4 Å². The van der Waals surface area contributed by atoms with E-state index in [1.54, 1.807) is 10.6 Å². The summed E-state index contributed by atoms with van der Waals surface area (Å²) in [6.07, 6.45) is 6.51. The third-order valence-electron chi connectivity index (χ3n) is 7.99. The van der Waals surface area contributed by atoms with Gasteiger partial charge in [0.25, 0.3) is 5.56 Å². The molecule has 0 unspecified atom stereocenters. The van der Waals surface area contributed by atoms with Crippen molar-refractivity contribution in [1.82, 2.24) is 14.9 Å². The maximum Gasteiger partial charge on any atom is 0.262 e. The lowest BCUT2D eigenvalue weighted by Crippen LogP contribution is -2.38. The van der Waals surface area contributed by atoms with E-state index in [9.17, 15) is 14.4 Å².